The summed E-state index contributed by atoms with van der Waals surface area (Å²) < 4.78 is 11.0. The van der Waals surface area contributed by atoms with Crippen molar-refractivity contribution < 1.29 is 28.7 Å². The Morgan fingerprint density at radius 1 is 0.914 bits per heavy atom. The number of benzene rings is 2. The van der Waals surface area contributed by atoms with Crippen molar-refractivity contribution in [3.63, 3.8) is 0 Å². The van der Waals surface area contributed by atoms with Crippen LogP contribution < -0.4 is 19.3 Å². The Bertz CT molecular complexity index is 1180. The number of rotatable bonds is 6. The van der Waals surface area contributed by atoms with E-state index in [0.717, 1.165) is 0 Å². The number of imide groups is 1. The standard InChI is InChI=1S/C27H26N2O6/c1-2-34-20-12-10-18(11-13-20)28-16-17(14-24(28)30)27(33)35-21-7-5-6-19(15-21)29-25(31)22-8-3-4-9-23(22)26(29)32/h3-7,10-13,15,17,22-23H,2,8-9,14,16H2,1H3/t17-,22-,23+/m0/s1. The highest BCUT2D eigenvalue weighted by molar-refractivity contribution is 6.22. The monoisotopic (exact) mass is 474 g/mol. The minimum atomic E-state index is -0.623. The smallest absolute Gasteiger partial charge is 0.316 e. The third-order valence-electron chi connectivity index (χ3n) is 6.72. The van der Waals surface area contributed by atoms with E-state index in [1.54, 1.807) is 47.4 Å². The molecule has 2 aromatic rings. The number of nitrogens with zero attached hydrogens (tertiary/aromatic N) is 2. The van der Waals surface area contributed by atoms with Crippen LogP contribution in [0.3, 0.4) is 0 Å². The number of esters is 1. The minimum absolute atomic E-state index is 0.0468. The predicted octanol–water partition coefficient (Wildman–Crippen LogP) is 3.50. The van der Waals surface area contributed by atoms with Crippen LogP contribution in [0.2, 0.25) is 0 Å². The first-order valence-electron chi connectivity index (χ1n) is 11.8. The van der Waals surface area contributed by atoms with Crippen LogP contribution in [-0.4, -0.2) is 36.8 Å². The number of amides is 3. The first-order valence-corrected chi connectivity index (χ1v) is 11.8. The van der Waals surface area contributed by atoms with Crippen LogP contribution in [0.1, 0.15) is 26.2 Å². The Morgan fingerprint density at radius 2 is 1.60 bits per heavy atom. The molecule has 0 radical (unpaired) electrons. The molecule has 180 valence electrons. The molecule has 8 heteroatoms. The summed E-state index contributed by atoms with van der Waals surface area (Å²) in [4.78, 5) is 53.9. The Morgan fingerprint density at radius 3 is 2.26 bits per heavy atom. The van der Waals surface area contributed by atoms with E-state index in [1.807, 2.05) is 19.1 Å². The average molecular weight is 475 g/mol. The molecule has 2 fully saturated rings. The molecule has 2 aliphatic heterocycles. The fourth-order valence-corrected chi connectivity index (χ4v) is 4.94. The number of carbonyl (C=O) groups excluding carboxylic acids is 4. The molecular weight excluding hydrogens is 448 g/mol. The van der Waals surface area contributed by atoms with E-state index in [9.17, 15) is 19.2 Å². The molecule has 35 heavy (non-hydrogen) atoms. The van der Waals surface area contributed by atoms with Gasteiger partial charge in [0.1, 0.15) is 11.5 Å². The van der Waals surface area contributed by atoms with Gasteiger partial charge in [-0.2, -0.15) is 0 Å². The van der Waals surface area contributed by atoms with Gasteiger partial charge in [-0.1, -0.05) is 18.2 Å². The fourth-order valence-electron chi connectivity index (χ4n) is 4.94. The van der Waals surface area contributed by atoms with Crippen LogP contribution in [0.5, 0.6) is 11.5 Å². The molecule has 3 amide bonds. The quantitative estimate of drug-likeness (QED) is 0.275. The minimum Gasteiger partial charge on any atom is -0.494 e. The third-order valence-corrected chi connectivity index (χ3v) is 6.72. The van der Waals surface area contributed by atoms with E-state index in [4.69, 9.17) is 9.47 Å². The molecule has 0 unspecified atom stereocenters. The lowest BCUT2D eigenvalue weighted by Gasteiger charge is -2.18. The lowest BCUT2D eigenvalue weighted by molar-refractivity contribution is -0.139. The zero-order valence-electron chi connectivity index (χ0n) is 19.4. The van der Waals surface area contributed by atoms with Crippen LogP contribution in [0.15, 0.2) is 60.7 Å². The molecule has 0 saturated carbocycles. The molecule has 2 saturated heterocycles. The fraction of sp³-hybridized carbons (Fsp3) is 0.333. The number of anilines is 2. The van der Waals surface area contributed by atoms with E-state index in [0.29, 0.717) is 36.6 Å². The molecule has 0 N–H and O–H groups in total. The largest absolute Gasteiger partial charge is 0.494 e. The van der Waals surface area contributed by atoms with E-state index in [-0.39, 0.29) is 48.3 Å². The lowest BCUT2D eigenvalue weighted by Crippen LogP contribution is -2.31. The van der Waals surface area contributed by atoms with Gasteiger partial charge in [0, 0.05) is 24.7 Å². The molecule has 5 rings (SSSR count). The Balaban J connectivity index is 1.26. The molecule has 2 heterocycles. The molecule has 1 aliphatic carbocycles. The third kappa shape index (κ3) is 4.32. The van der Waals surface area contributed by atoms with Crippen molar-refractivity contribution in [2.45, 2.75) is 26.2 Å². The van der Waals surface area contributed by atoms with Gasteiger partial charge in [0.05, 0.1) is 30.0 Å². The van der Waals surface area contributed by atoms with Gasteiger partial charge in [-0.05, 0) is 56.2 Å². The molecular formula is C27H26N2O6. The first kappa shape index (κ1) is 22.8. The molecule has 2 aromatic carbocycles. The highest BCUT2D eigenvalue weighted by Gasteiger charge is 2.48. The van der Waals surface area contributed by atoms with Crippen molar-refractivity contribution in [1.82, 2.24) is 0 Å². The van der Waals surface area contributed by atoms with Crippen LogP contribution in [0.4, 0.5) is 11.4 Å². The Labute approximate surface area is 203 Å². The van der Waals surface area contributed by atoms with Gasteiger partial charge in [0.25, 0.3) is 0 Å². The lowest BCUT2D eigenvalue weighted by atomic mass is 9.85. The average Bonchev–Trinajstić information content (AvgIpc) is 3.37. The van der Waals surface area contributed by atoms with Crippen LogP contribution >= 0.6 is 0 Å². The van der Waals surface area contributed by atoms with Gasteiger partial charge in [0.15, 0.2) is 0 Å². The summed E-state index contributed by atoms with van der Waals surface area (Å²) in [6.45, 7) is 2.66. The van der Waals surface area contributed by atoms with E-state index in [1.165, 1.54) is 11.0 Å². The second-order valence-corrected chi connectivity index (χ2v) is 8.92. The van der Waals surface area contributed by atoms with Crippen LogP contribution in [0.25, 0.3) is 0 Å². The van der Waals surface area contributed by atoms with Gasteiger partial charge in [0.2, 0.25) is 17.7 Å². The normalized spacial score (nSPS) is 23.6. The summed E-state index contributed by atoms with van der Waals surface area (Å²) in [5, 5.41) is 0. The number of carbonyl (C=O) groups is 4. The van der Waals surface area contributed by atoms with Gasteiger partial charge >= 0.3 is 5.97 Å². The summed E-state index contributed by atoms with van der Waals surface area (Å²) >= 11 is 0. The maximum atomic E-state index is 12.9. The van der Waals surface area contributed by atoms with Gasteiger partial charge in [-0.15, -0.1) is 0 Å². The number of allylic oxidation sites excluding steroid dienone is 2. The summed E-state index contributed by atoms with van der Waals surface area (Å²) in [5.74, 6) is -1.48. The predicted molar refractivity (Wildman–Crippen MR) is 128 cm³/mol. The maximum Gasteiger partial charge on any atom is 0.316 e. The summed E-state index contributed by atoms with van der Waals surface area (Å²) in [6.07, 6.45) is 5.04. The number of hydrogen-bond donors (Lipinski definition) is 0. The maximum absolute atomic E-state index is 12.9. The second kappa shape index (κ2) is 9.37. The van der Waals surface area contributed by atoms with Crippen molar-refractivity contribution in [2.75, 3.05) is 23.0 Å². The molecule has 8 nitrogen and oxygen atoms in total. The van der Waals surface area contributed by atoms with Crippen LogP contribution in [0, 0.1) is 17.8 Å². The topological polar surface area (TPSA) is 93.2 Å². The Hall–Kier alpha value is -3.94. The summed E-state index contributed by atoms with van der Waals surface area (Å²) in [7, 11) is 0. The van der Waals surface area contributed by atoms with Crippen LogP contribution in [-0.2, 0) is 19.2 Å². The first-order chi connectivity index (χ1) is 17.0. The zero-order valence-corrected chi connectivity index (χ0v) is 19.4. The number of hydrogen-bond acceptors (Lipinski definition) is 6. The summed E-state index contributed by atoms with van der Waals surface area (Å²) in [6, 6.07) is 13.6. The van der Waals surface area contributed by atoms with Crippen molar-refractivity contribution in [1.29, 1.82) is 0 Å². The van der Waals surface area contributed by atoms with Crippen molar-refractivity contribution in [3.8, 4) is 11.5 Å². The zero-order chi connectivity index (χ0) is 24.5. The van der Waals surface area contributed by atoms with Crippen molar-refractivity contribution in [2.24, 2.45) is 17.8 Å². The Kier molecular flexibility index (Phi) is 6.11. The molecule has 0 spiro atoms. The van der Waals surface area contributed by atoms with E-state index in [2.05, 4.69) is 0 Å². The van der Waals surface area contributed by atoms with Gasteiger partial charge in [-0.25, -0.2) is 4.90 Å². The number of fused-ring (bicyclic) bond motifs is 1. The highest BCUT2D eigenvalue weighted by Crippen LogP contribution is 2.38. The molecule has 0 bridgehead atoms. The van der Waals surface area contributed by atoms with E-state index < -0.39 is 11.9 Å². The molecule has 0 aromatic heterocycles. The number of ether oxygens (including phenoxy) is 2. The molecule has 3 aliphatic rings. The van der Waals surface area contributed by atoms with E-state index >= 15 is 0 Å². The second-order valence-electron chi connectivity index (χ2n) is 8.92. The SMILES string of the molecule is CCOc1ccc(N2C[C@@H](C(=O)Oc3cccc(N4C(=O)[C@H]5CC=CC[C@H]5C4=O)c3)CC2=O)cc1. The molecule has 3 atom stereocenters. The van der Waals surface area contributed by atoms with Crippen molar-refractivity contribution in [3.05, 3.63) is 60.7 Å². The summed E-state index contributed by atoms with van der Waals surface area (Å²) in [5.41, 5.74) is 1.08. The highest BCUT2D eigenvalue weighted by atomic mass is 16.5. The van der Waals surface area contributed by atoms with Gasteiger partial charge in [-0.3, -0.25) is 19.2 Å². The van der Waals surface area contributed by atoms with Crippen molar-refractivity contribution >= 4 is 35.1 Å². The van der Waals surface area contributed by atoms with Gasteiger partial charge < -0.3 is 14.4 Å².